The maximum Gasteiger partial charge on any atom is 0.357 e. The van der Waals surface area contributed by atoms with Crippen molar-refractivity contribution in [1.82, 2.24) is 4.98 Å². The molecule has 1 aromatic heterocycles. The van der Waals surface area contributed by atoms with E-state index in [0.717, 1.165) is 11.3 Å². The van der Waals surface area contributed by atoms with Crippen LogP contribution in [0.25, 0.3) is 0 Å². The highest BCUT2D eigenvalue weighted by Gasteiger charge is 2.52. The third-order valence-corrected chi connectivity index (χ3v) is 7.36. The summed E-state index contributed by atoms with van der Waals surface area (Å²) in [7, 11) is 0. The molecule has 1 fully saturated rings. The Hall–Kier alpha value is -4.87. The summed E-state index contributed by atoms with van der Waals surface area (Å²) in [5.41, 5.74) is 0.897. The van der Waals surface area contributed by atoms with Crippen LogP contribution < -0.4 is 0 Å². The summed E-state index contributed by atoms with van der Waals surface area (Å²) in [5.74, 6) is -2.62. The van der Waals surface area contributed by atoms with Gasteiger partial charge in [-0.25, -0.2) is 24.2 Å². The Morgan fingerprint density at radius 1 is 0.698 bits per heavy atom. The van der Waals surface area contributed by atoms with Crippen molar-refractivity contribution in [3.63, 3.8) is 0 Å². The number of rotatable bonds is 10. The smallest absolute Gasteiger partial charge is 0.357 e. The van der Waals surface area contributed by atoms with Gasteiger partial charge in [0.05, 0.1) is 23.3 Å². The lowest BCUT2D eigenvalue weighted by atomic mass is 10.1. The van der Waals surface area contributed by atoms with Gasteiger partial charge >= 0.3 is 23.9 Å². The Bertz CT molecular complexity index is 1560. The molecule has 0 aliphatic carbocycles. The van der Waals surface area contributed by atoms with E-state index in [9.17, 15) is 19.2 Å². The van der Waals surface area contributed by atoms with E-state index in [-0.39, 0.29) is 35.0 Å². The Kier molecular flexibility index (Phi) is 9.55. The molecular formula is C32H27NO9S. The van der Waals surface area contributed by atoms with Crippen LogP contribution in [-0.2, 0) is 23.7 Å². The average molecular weight is 602 g/mol. The third-order valence-electron chi connectivity index (χ3n) is 6.45. The minimum absolute atomic E-state index is 0.0513. The van der Waals surface area contributed by atoms with Gasteiger partial charge < -0.3 is 23.7 Å². The molecule has 0 unspecified atom stereocenters. The molecular weight excluding hydrogens is 574 g/mol. The molecule has 11 heteroatoms. The standard InChI is InChI=1S/C32H27NO9S/c1-2-38-32(37)23-19-43-28(33-23)27-26(42-31(36)22-16-10-5-11-17-22)25(41-30(35)21-14-8-4-9-15-21)24(40-27)18-39-29(34)20-12-6-3-7-13-20/h3-17,19,24-27H,2,18H2,1H3/t24-,25-,26-,27-/m1/s1. The van der Waals surface area contributed by atoms with Crippen LogP contribution in [0.2, 0.25) is 0 Å². The number of thiazole rings is 1. The normalized spacial score (nSPS) is 19.3. The van der Waals surface area contributed by atoms with Gasteiger partial charge in [0.1, 0.15) is 17.7 Å². The molecule has 1 aliphatic rings. The molecule has 43 heavy (non-hydrogen) atoms. The minimum atomic E-state index is -1.21. The first-order chi connectivity index (χ1) is 20.9. The number of ether oxygens (including phenoxy) is 5. The first-order valence-electron chi connectivity index (χ1n) is 13.5. The molecule has 0 saturated carbocycles. The fourth-order valence-electron chi connectivity index (χ4n) is 4.40. The summed E-state index contributed by atoms with van der Waals surface area (Å²) < 4.78 is 28.7. The maximum atomic E-state index is 13.2. The summed E-state index contributed by atoms with van der Waals surface area (Å²) in [4.78, 5) is 55.9. The van der Waals surface area contributed by atoms with Crippen LogP contribution in [0, 0.1) is 0 Å². The lowest BCUT2D eigenvalue weighted by Crippen LogP contribution is -2.40. The Labute approximate surface area is 251 Å². The van der Waals surface area contributed by atoms with E-state index in [0.29, 0.717) is 5.56 Å². The zero-order valence-corrected chi connectivity index (χ0v) is 23.8. The molecule has 5 rings (SSSR count). The Balaban J connectivity index is 1.47. The van der Waals surface area contributed by atoms with Crippen molar-refractivity contribution in [2.24, 2.45) is 0 Å². The summed E-state index contributed by atoms with van der Waals surface area (Å²) >= 11 is 1.09. The molecule has 1 aliphatic heterocycles. The second kappa shape index (κ2) is 13.9. The largest absolute Gasteiger partial charge is 0.461 e. The minimum Gasteiger partial charge on any atom is -0.461 e. The molecule has 0 radical (unpaired) electrons. The molecule has 0 amide bonds. The number of aromatic nitrogens is 1. The third kappa shape index (κ3) is 7.14. The Morgan fingerprint density at radius 3 is 1.74 bits per heavy atom. The summed E-state index contributed by atoms with van der Waals surface area (Å²) in [6.45, 7) is 1.51. The van der Waals surface area contributed by atoms with Gasteiger partial charge in [-0.15, -0.1) is 11.3 Å². The average Bonchev–Trinajstić information content (AvgIpc) is 3.66. The Morgan fingerprint density at radius 2 is 1.21 bits per heavy atom. The maximum absolute atomic E-state index is 13.2. The van der Waals surface area contributed by atoms with Gasteiger partial charge in [0.15, 0.2) is 24.0 Å². The lowest BCUT2D eigenvalue weighted by Gasteiger charge is -2.24. The van der Waals surface area contributed by atoms with Gasteiger partial charge in [-0.2, -0.15) is 0 Å². The van der Waals surface area contributed by atoms with Gasteiger partial charge in [0, 0.05) is 5.38 Å². The van der Waals surface area contributed by atoms with Crippen molar-refractivity contribution in [3.8, 4) is 0 Å². The van der Waals surface area contributed by atoms with E-state index < -0.39 is 48.3 Å². The van der Waals surface area contributed by atoms with Crippen LogP contribution in [0.1, 0.15) is 59.6 Å². The number of esters is 4. The number of nitrogens with zero attached hydrogens (tertiary/aromatic N) is 1. The van der Waals surface area contributed by atoms with E-state index in [4.69, 9.17) is 23.7 Å². The van der Waals surface area contributed by atoms with Crippen LogP contribution in [0.4, 0.5) is 0 Å². The van der Waals surface area contributed by atoms with Gasteiger partial charge in [-0.05, 0) is 43.3 Å². The topological polar surface area (TPSA) is 127 Å². The van der Waals surface area contributed by atoms with Crippen LogP contribution in [0.5, 0.6) is 0 Å². The predicted octanol–water partition coefficient (Wildman–Crippen LogP) is 5.07. The zero-order valence-electron chi connectivity index (χ0n) is 23.0. The predicted molar refractivity (Wildman–Crippen MR) is 154 cm³/mol. The molecule has 10 nitrogen and oxygen atoms in total. The monoisotopic (exact) mass is 601 g/mol. The van der Waals surface area contributed by atoms with Crippen LogP contribution in [-0.4, -0.2) is 60.4 Å². The number of benzene rings is 3. The van der Waals surface area contributed by atoms with Crippen molar-refractivity contribution < 1.29 is 42.9 Å². The van der Waals surface area contributed by atoms with Gasteiger partial charge in [0.2, 0.25) is 0 Å². The molecule has 0 N–H and O–H groups in total. The fourth-order valence-corrected chi connectivity index (χ4v) is 5.25. The molecule has 3 aromatic carbocycles. The van der Waals surface area contributed by atoms with Crippen LogP contribution in [0.15, 0.2) is 96.4 Å². The lowest BCUT2D eigenvalue weighted by molar-refractivity contribution is -0.0450. The van der Waals surface area contributed by atoms with Crippen molar-refractivity contribution in [1.29, 1.82) is 0 Å². The summed E-state index contributed by atoms with van der Waals surface area (Å²) in [5, 5.41) is 1.78. The van der Waals surface area contributed by atoms with Crippen LogP contribution in [0.3, 0.4) is 0 Å². The first-order valence-corrected chi connectivity index (χ1v) is 14.3. The fraction of sp³-hybridized carbons (Fsp3) is 0.219. The molecule has 4 atom stereocenters. The summed E-state index contributed by atoms with van der Waals surface area (Å²) in [6.07, 6.45) is -4.52. The van der Waals surface area contributed by atoms with Crippen molar-refractivity contribution >= 4 is 35.2 Å². The molecule has 0 spiro atoms. The number of carbonyl (C=O) groups excluding carboxylic acids is 4. The molecule has 2 heterocycles. The highest BCUT2D eigenvalue weighted by Crippen LogP contribution is 2.39. The van der Waals surface area contributed by atoms with E-state index >= 15 is 0 Å². The molecule has 1 saturated heterocycles. The van der Waals surface area contributed by atoms with E-state index in [1.165, 1.54) is 5.38 Å². The number of carbonyl (C=O) groups is 4. The quantitative estimate of drug-likeness (QED) is 0.180. The van der Waals surface area contributed by atoms with E-state index in [1.54, 1.807) is 97.9 Å². The van der Waals surface area contributed by atoms with E-state index in [1.807, 2.05) is 0 Å². The second-order valence-corrected chi connectivity index (χ2v) is 10.2. The highest BCUT2D eigenvalue weighted by atomic mass is 32.1. The van der Waals surface area contributed by atoms with Gasteiger partial charge in [-0.3, -0.25) is 0 Å². The summed E-state index contributed by atoms with van der Waals surface area (Å²) in [6, 6.07) is 24.9. The van der Waals surface area contributed by atoms with E-state index in [2.05, 4.69) is 4.98 Å². The van der Waals surface area contributed by atoms with Gasteiger partial charge in [-0.1, -0.05) is 54.6 Å². The van der Waals surface area contributed by atoms with Crippen molar-refractivity contribution in [2.75, 3.05) is 13.2 Å². The number of hydrogen-bond donors (Lipinski definition) is 0. The highest BCUT2D eigenvalue weighted by molar-refractivity contribution is 7.09. The number of hydrogen-bond acceptors (Lipinski definition) is 11. The molecule has 0 bridgehead atoms. The first kappa shape index (κ1) is 29.6. The SMILES string of the molecule is CCOC(=O)c1csc([C@@H]2O[C@H](COC(=O)c3ccccc3)[C@@H](OC(=O)c3ccccc3)[C@H]2OC(=O)c2ccccc2)n1. The molecule has 220 valence electrons. The van der Waals surface area contributed by atoms with Gasteiger partial charge in [0.25, 0.3) is 0 Å². The van der Waals surface area contributed by atoms with Crippen molar-refractivity contribution in [3.05, 3.63) is 124 Å². The second-order valence-electron chi connectivity index (χ2n) is 9.32. The van der Waals surface area contributed by atoms with Crippen molar-refractivity contribution in [2.45, 2.75) is 31.3 Å². The zero-order chi connectivity index (χ0) is 30.2. The molecule has 4 aromatic rings. The van der Waals surface area contributed by atoms with Crippen LogP contribution >= 0.6 is 11.3 Å².